The number of rotatable bonds is 8. The van der Waals surface area contributed by atoms with Crippen LogP contribution in [0.4, 0.5) is 0 Å². The van der Waals surface area contributed by atoms with Crippen LogP contribution in [-0.4, -0.2) is 46.6 Å². The highest BCUT2D eigenvalue weighted by Crippen LogP contribution is 2.51. The lowest BCUT2D eigenvalue weighted by molar-refractivity contribution is 0.364. The summed E-state index contributed by atoms with van der Waals surface area (Å²) in [6.45, 7) is 0. The van der Waals surface area contributed by atoms with Crippen LogP contribution in [0.5, 0.6) is 0 Å². The van der Waals surface area contributed by atoms with E-state index in [0.29, 0.717) is 12.7 Å². The van der Waals surface area contributed by atoms with E-state index in [4.69, 9.17) is 0 Å². The minimum Gasteiger partial charge on any atom is -0.392 e. The Kier molecular flexibility index (Phi) is 9.09. The number of aliphatic hydroxyl groups excluding tert-OH is 2. The predicted octanol–water partition coefficient (Wildman–Crippen LogP) is 4.91. The fourth-order valence-corrected chi connectivity index (χ4v) is 9.15. The molecule has 2 aliphatic rings. The highest BCUT2D eigenvalue weighted by atomic mass is 31.1. The summed E-state index contributed by atoms with van der Waals surface area (Å²) < 4.78 is 0. The molecule has 0 aromatic heterocycles. The summed E-state index contributed by atoms with van der Waals surface area (Å²) in [5.41, 5.74) is 1.68. The number of hydrogen-bond donors (Lipinski definition) is 2. The molecular formula is C17H34O2P2. The van der Waals surface area contributed by atoms with Crippen LogP contribution >= 0.6 is 15.8 Å². The van der Waals surface area contributed by atoms with Gasteiger partial charge in [0, 0.05) is 0 Å². The van der Waals surface area contributed by atoms with E-state index in [9.17, 15) is 10.2 Å². The van der Waals surface area contributed by atoms with Crippen LogP contribution in [0, 0.1) is 0 Å². The summed E-state index contributed by atoms with van der Waals surface area (Å²) in [5, 5.41) is 19.5. The average Bonchev–Trinajstić information content (AvgIpc) is 2.57. The first kappa shape index (κ1) is 18.1. The molecule has 21 heavy (non-hydrogen) atoms. The molecule has 0 aliphatic heterocycles. The van der Waals surface area contributed by atoms with E-state index in [1.165, 1.54) is 83.0 Å². The standard InChI is InChI=1S/C17H34O2P2/c18-14-20(16-8-3-1-4-9-16)12-7-13-21(15-19)17-10-5-2-6-11-17/h16-19H,1-15H2. The zero-order valence-corrected chi connectivity index (χ0v) is 15.3. The second kappa shape index (κ2) is 10.5. The molecule has 0 heterocycles. The van der Waals surface area contributed by atoms with Crippen LogP contribution < -0.4 is 0 Å². The summed E-state index contributed by atoms with van der Waals surface area (Å²) in [7, 11) is -0.291. The second-order valence-electron chi connectivity index (χ2n) is 6.84. The lowest BCUT2D eigenvalue weighted by Gasteiger charge is -2.32. The first-order valence-electron chi connectivity index (χ1n) is 9.05. The van der Waals surface area contributed by atoms with Crippen LogP contribution in [0.15, 0.2) is 0 Å². The third kappa shape index (κ3) is 6.06. The van der Waals surface area contributed by atoms with E-state index < -0.39 is 0 Å². The molecule has 2 aliphatic carbocycles. The SMILES string of the molecule is OCP(CCCP(CO)C1CCCCC1)C1CCCCC1. The summed E-state index contributed by atoms with van der Waals surface area (Å²) in [6, 6.07) is 0. The number of aliphatic hydroxyl groups is 2. The van der Waals surface area contributed by atoms with Gasteiger partial charge in [-0.1, -0.05) is 54.4 Å². The van der Waals surface area contributed by atoms with E-state index in [1.807, 2.05) is 0 Å². The zero-order valence-electron chi connectivity index (χ0n) is 13.6. The van der Waals surface area contributed by atoms with Crippen molar-refractivity contribution in [3.05, 3.63) is 0 Å². The van der Waals surface area contributed by atoms with Gasteiger partial charge in [0.2, 0.25) is 0 Å². The Morgan fingerprint density at radius 1 is 0.619 bits per heavy atom. The molecule has 2 unspecified atom stereocenters. The summed E-state index contributed by atoms with van der Waals surface area (Å²) in [5.74, 6) is 0. The monoisotopic (exact) mass is 332 g/mol. The van der Waals surface area contributed by atoms with E-state index >= 15 is 0 Å². The van der Waals surface area contributed by atoms with Gasteiger partial charge in [0.25, 0.3) is 0 Å². The van der Waals surface area contributed by atoms with Crippen molar-refractivity contribution in [2.24, 2.45) is 0 Å². The molecule has 2 fully saturated rings. The quantitative estimate of drug-likeness (QED) is 0.620. The van der Waals surface area contributed by atoms with Crippen molar-refractivity contribution in [2.45, 2.75) is 81.9 Å². The molecule has 2 N–H and O–H groups in total. The molecule has 0 aromatic rings. The van der Waals surface area contributed by atoms with Crippen molar-refractivity contribution in [3.8, 4) is 0 Å². The lowest BCUT2D eigenvalue weighted by atomic mass is 10.0. The predicted molar refractivity (Wildman–Crippen MR) is 96.1 cm³/mol. The van der Waals surface area contributed by atoms with Crippen LogP contribution in [0.3, 0.4) is 0 Å². The van der Waals surface area contributed by atoms with Gasteiger partial charge in [0.15, 0.2) is 0 Å². The third-order valence-electron chi connectivity index (χ3n) is 5.44. The normalized spacial score (nSPS) is 24.9. The highest BCUT2D eigenvalue weighted by molar-refractivity contribution is 7.59. The molecular weight excluding hydrogens is 298 g/mol. The smallest absolute Gasteiger partial charge is 0.0627 e. The Bertz CT molecular complexity index is 238. The molecule has 0 spiro atoms. The van der Waals surface area contributed by atoms with Gasteiger partial charge in [-0.2, -0.15) is 0 Å². The van der Waals surface area contributed by atoms with Gasteiger partial charge >= 0.3 is 0 Å². The summed E-state index contributed by atoms with van der Waals surface area (Å²) in [6.07, 6.45) is 18.5. The minimum atomic E-state index is -0.145. The molecule has 124 valence electrons. The molecule has 4 heteroatoms. The van der Waals surface area contributed by atoms with E-state index in [2.05, 4.69) is 0 Å². The van der Waals surface area contributed by atoms with Crippen molar-refractivity contribution in [2.75, 3.05) is 25.0 Å². The van der Waals surface area contributed by atoms with Crippen LogP contribution in [0.25, 0.3) is 0 Å². The van der Waals surface area contributed by atoms with Crippen molar-refractivity contribution < 1.29 is 10.2 Å². The van der Waals surface area contributed by atoms with Gasteiger partial charge in [-0.05, 0) is 55.7 Å². The fourth-order valence-electron chi connectivity index (χ4n) is 4.11. The minimum absolute atomic E-state index is 0.145. The van der Waals surface area contributed by atoms with Gasteiger partial charge in [-0.3, -0.25) is 0 Å². The Morgan fingerprint density at radius 3 is 1.33 bits per heavy atom. The molecule has 0 bridgehead atoms. The molecule has 0 radical (unpaired) electrons. The molecule has 2 rings (SSSR count). The lowest BCUT2D eigenvalue weighted by Crippen LogP contribution is -2.16. The van der Waals surface area contributed by atoms with E-state index in [0.717, 1.165) is 11.3 Å². The maximum atomic E-state index is 9.73. The fraction of sp³-hybridized carbons (Fsp3) is 1.00. The van der Waals surface area contributed by atoms with Crippen LogP contribution in [0.1, 0.15) is 70.6 Å². The molecule has 2 nitrogen and oxygen atoms in total. The van der Waals surface area contributed by atoms with E-state index in [1.54, 1.807) is 0 Å². The molecule has 2 atom stereocenters. The first-order chi connectivity index (χ1) is 10.3. The third-order valence-corrected chi connectivity index (χ3v) is 11.0. The van der Waals surface area contributed by atoms with Gasteiger partial charge < -0.3 is 10.2 Å². The van der Waals surface area contributed by atoms with Crippen LogP contribution in [0.2, 0.25) is 0 Å². The van der Waals surface area contributed by atoms with Gasteiger partial charge in [0.1, 0.15) is 0 Å². The van der Waals surface area contributed by atoms with Gasteiger partial charge in [-0.25, -0.2) is 0 Å². The average molecular weight is 332 g/mol. The maximum Gasteiger partial charge on any atom is 0.0627 e. The second-order valence-corrected chi connectivity index (χ2v) is 12.1. The number of hydrogen-bond acceptors (Lipinski definition) is 2. The summed E-state index contributed by atoms with van der Waals surface area (Å²) in [4.78, 5) is 0. The topological polar surface area (TPSA) is 40.5 Å². The Morgan fingerprint density at radius 2 is 1.00 bits per heavy atom. The summed E-state index contributed by atoms with van der Waals surface area (Å²) >= 11 is 0. The Balaban J connectivity index is 1.69. The van der Waals surface area contributed by atoms with Crippen molar-refractivity contribution >= 4 is 15.8 Å². The van der Waals surface area contributed by atoms with Crippen molar-refractivity contribution in [3.63, 3.8) is 0 Å². The van der Waals surface area contributed by atoms with Gasteiger partial charge in [-0.15, -0.1) is 0 Å². The molecule has 0 amide bonds. The maximum absolute atomic E-state index is 9.73. The highest BCUT2D eigenvalue weighted by Gasteiger charge is 2.25. The molecule has 2 saturated carbocycles. The Hall–Kier alpha value is 0.780. The Labute approximate surface area is 133 Å². The van der Waals surface area contributed by atoms with Crippen molar-refractivity contribution in [1.82, 2.24) is 0 Å². The zero-order chi connectivity index (χ0) is 14.9. The van der Waals surface area contributed by atoms with Crippen molar-refractivity contribution in [1.29, 1.82) is 0 Å². The molecule has 0 aromatic carbocycles. The van der Waals surface area contributed by atoms with Gasteiger partial charge in [0.05, 0.1) is 12.7 Å². The van der Waals surface area contributed by atoms with Crippen LogP contribution in [-0.2, 0) is 0 Å². The largest absolute Gasteiger partial charge is 0.392 e. The molecule has 0 saturated heterocycles. The van der Waals surface area contributed by atoms with E-state index in [-0.39, 0.29) is 15.8 Å². The first-order valence-corrected chi connectivity index (χ1v) is 12.6.